The predicted molar refractivity (Wildman–Crippen MR) is 104 cm³/mol. The summed E-state index contributed by atoms with van der Waals surface area (Å²) < 4.78 is 6.54. The van der Waals surface area contributed by atoms with Crippen molar-refractivity contribution in [2.45, 2.75) is 36.9 Å². The molecule has 5 nitrogen and oxygen atoms in total. The third kappa shape index (κ3) is 4.25. The molecule has 27 heavy (non-hydrogen) atoms. The zero-order valence-corrected chi connectivity index (χ0v) is 16.1. The van der Waals surface area contributed by atoms with Gasteiger partial charge in [0.25, 0.3) is 0 Å². The first-order chi connectivity index (χ1) is 12.9. The van der Waals surface area contributed by atoms with Crippen molar-refractivity contribution in [3.05, 3.63) is 69.2 Å². The third-order valence-corrected chi connectivity index (χ3v) is 5.58. The van der Waals surface area contributed by atoms with Gasteiger partial charge in [0.15, 0.2) is 0 Å². The molecule has 0 aliphatic carbocycles. The van der Waals surface area contributed by atoms with E-state index in [0.717, 1.165) is 21.2 Å². The lowest BCUT2D eigenvalue weighted by Crippen LogP contribution is -2.55. The summed E-state index contributed by atoms with van der Waals surface area (Å²) in [6.45, 7) is -0.452. The zero-order chi connectivity index (χ0) is 19.6. The van der Waals surface area contributed by atoms with E-state index < -0.39 is 37.1 Å². The van der Waals surface area contributed by atoms with Crippen LogP contribution in [0.15, 0.2) is 46.9 Å². The van der Waals surface area contributed by atoms with E-state index in [-0.39, 0.29) is 0 Å². The number of aliphatic hydroxyl groups is 4. The van der Waals surface area contributed by atoms with Gasteiger partial charge in [-0.1, -0.05) is 46.1 Å². The van der Waals surface area contributed by atoms with Crippen LogP contribution in [-0.4, -0.2) is 51.4 Å². The Morgan fingerprint density at radius 3 is 2.33 bits per heavy atom. The summed E-state index contributed by atoms with van der Waals surface area (Å²) in [6.07, 6.45) is 0.168. The topological polar surface area (TPSA) is 90.2 Å². The van der Waals surface area contributed by atoms with Gasteiger partial charge in [0.1, 0.15) is 30.5 Å². The second-order valence-corrected chi connectivity index (χ2v) is 7.47. The molecule has 1 heterocycles. The molecule has 1 fully saturated rings. The number of ether oxygens (including phenoxy) is 1. The van der Waals surface area contributed by atoms with Crippen molar-refractivity contribution in [1.29, 1.82) is 0 Å². The molecule has 1 saturated heterocycles. The van der Waals surface area contributed by atoms with Gasteiger partial charge in [-0.05, 0) is 41.3 Å². The van der Waals surface area contributed by atoms with Crippen molar-refractivity contribution in [1.82, 2.24) is 0 Å². The Kier molecular flexibility index (Phi) is 6.33. The van der Waals surface area contributed by atoms with Crippen LogP contribution in [0.4, 0.5) is 0 Å². The van der Waals surface area contributed by atoms with Crippen LogP contribution in [0.1, 0.15) is 28.4 Å². The van der Waals surface area contributed by atoms with E-state index in [2.05, 4.69) is 21.9 Å². The Labute approximate surface area is 166 Å². The molecule has 0 radical (unpaired) electrons. The normalized spacial score (nSPS) is 27.9. The fraction of sp³-hybridized carbons (Fsp3) is 0.333. The van der Waals surface area contributed by atoms with Gasteiger partial charge in [-0.15, -0.1) is 6.42 Å². The molecule has 2 aromatic rings. The van der Waals surface area contributed by atoms with Gasteiger partial charge in [-0.2, -0.15) is 0 Å². The Morgan fingerprint density at radius 1 is 1.00 bits per heavy atom. The number of hydrogen-bond acceptors (Lipinski definition) is 5. The molecular formula is C21H21BrO5. The summed E-state index contributed by atoms with van der Waals surface area (Å²) in [5, 5.41) is 39.7. The molecule has 142 valence electrons. The molecule has 5 atom stereocenters. The van der Waals surface area contributed by atoms with Gasteiger partial charge in [0.05, 0.1) is 6.61 Å². The van der Waals surface area contributed by atoms with Crippen LogP contribution in [0.25, 0.3) is 0 Å². The number of terminal acetylenes is 1. The van der Waals surface area contributed by atoms with Gasteiger partial charge in [0.2, 0.25) is 0 Å². The number of halogens is 1. The largest absolute Gasteiger partial charge is 0.394 e. The van der Waals surface area contributed by atoms with Crippen molar-refractivity contribution >= 4 is 15.9 Å². The molecular weight excluding hydrogens is 412 g/mol. The van der Waals surface area contributed by atoms with E-state index in [1.807, 2.05) is 36.4 Å². The minimum absolute atomic E-state index is 0.452. The highest BCUT2D eigenvalue weighted by Crippen LogP contribution is 2.34. The number of aliphatic hydroxyl groups excluding tert-OH is 4. The van der Waals surface area contributed by atoms with Gasteiger partial charge in [-0.25, -0.2) is 0 Å². The minimum Gasteiger partial charge on any atom is -0.394 e. The molecule has 1 aliphatic heterocycles. The van der Waals surface area contributed by atoms with Crippen LogP contribution >= 0.6 is 15.9 Å². The lowest BCUT2D eigenvalue weighted by atomic mass is 9.90. The van der Waals surface area contributed by atoms with E-state index in [0.29, 0.717) is 12.0 Å². The fourth-order valence-corrected chi connectivity index (χ4v) is 3.61. The first-order valence-electron chi connectivity index (χ1n) is 8.59. The molecule has 6 heteroatoms. The highest BCUT2D eigenvalue weighted by Gasteiger charge is 2.43. The average Bonchev–Trinajstić information content (AvgIpc) is 2.69. The van der Waals surface area contributed by atoms with Gasteiger partial charge in [-0.3, -0.25) is 0 Å². The van der Waals surface area contributed by atoms with Crippen LogP contribution in [0.3, 0.4) is 0 Å². The third-order valence-electron chi connectivity index (χ3n) is 4.81. The predicted octanol–water partition coefficient (Wildman–Crippen LogP) is 1.54. The smallest absolute Gasteiger partial charge is 0.113 e. The molecule has 0 aromatic heterocycles. The van der Waals surface area contributed by atoms with Gasteiger partial charge in [0, 0.05) is 10.0 Å². The zero-order valence-electron chi connectivity index (χ0n) is 14.5. The van der Waals surface area contributed by atoms with E-state index in [9.17, 15) is 20.4 Å². The molecule has 0 amide bonds. The molecule has 0 bridgehead atoms. The minimum atomic E-state index is -1.40. The van der Waals surface area contributed by atoms with Crippen molar-refractivity contribution in [3.63, 3.8) is 0 Å². The van der Waals surface area contributed by atoms with Gasteiger partial charge >= 0.3 is 0 Å². The first kappa shape index (κ1) is 20.0. The summed E-state index contributed by atoms with van der Waals surface area (Å²) in [5.41, 5.74) is 3.51. The number of benzene rings is 2. The first-order valence-corrected chi connectivity index (χ1v) is 9.38. The van der Waals surface area contributed by atoms with E-state index in [1.165, 1.54) is 0 Å². The Balaban J connectivity index is 1.86. The summed E-state index contributed by atoms with van der Waals surface area (Å²) in [6, 6.07) is 13.2. The van der Waals surface area contributed by atoms with Crippen LogP contribution in [-0.2, 0) is 11.2 Å². The SMILES string of the molecule is C#Cc1ccc(Cc2cc([C@@H]3OC(CO)[C@@H](O)[C@H](O)[C@H]3O)ccc2Br)cc1. The standard InChI is InChI=1S/C21H21BrO5/c1-2-12-3-5-13(6-4-12)9-15-10-14(7-8-16(15)22)21-20(26)19(25)18(24)17(11-23)27-21/h1,3-8,10,17-21,23-26H,9,11H2/t17?,18-,19+,20-,21+/m1/s1. The van der Waals surface area contributed by atoms with Crippen LogP contribution in [0, 0.1) is 12.3 Å². The second kappa shape index (κ2) is 8.53. The molecule has 4 N–H and O–H groups in total. The van der Waals surface area contributed by atoms with Crippen molar-refractivity contribution in [2.75, 3.05) is 6.61 Å². The van der Waals surface area contributed by atoms with Crippen LogP contribution in [0.5, 0.6) is 0 Å². The maximum atomic E-state index is 10.3. The second-order valence-electron chi connectivity index (χ2n) is 6.62. The molecule has 1 unspecified atom stereocenters. The summed E-state index contributed by atoms with van der Waals surface area (Å²) in [7, 11) is 0. The summed E-state index contributed by atoms with van der Waals surface area (Å²) in [4.78, 5) is 0. The molecule has 2 aromatic carbocycles. The Morgan fingerprint density at radius 2 is 1.70 bits per heavy atom. The quantitative estimate of drug-likeness (QED) is 0.550. The van der Waals surface area contributed by atoms with Crippen LogP contribution in [0.2, 0.25) is 0 Å². The summed E-state index contributed by atoms with van der Waals surface area (Å²) in [5.74, 6) is 2.59. The van der Waals surface area contributed by atoms with Crippen molar-refractivity contribution < 1.29 is 25.2 Å². The maximum Gasteiger partial charge on any atom is 0.113 e. The molecule has 1 aliphatic rings. The Bertz CT molecular complexity index is 827. The molecule has 0 saturated carbocycles. The fourth-order valence-electron chi connectivity index (χ4n) is 3.22. The van der Waals surface area contributed by atoms with Gasteiger partial charge < -0.3 is 25.2 Å². The van der Waals surface area contributed by atoms with Crippen molar-refractivity contribution in [2.24, 2.45) is 0 Å². The number of hydrogen-bond donors (Lipinski definition) is 4. The Hall–Kier alpha value is -1.72. The number of rotatable bonds is 4. The van der Waals surface area contributed by atoms with E-state index in [1.54, 1.807) is 6.07 Å². The average molecular weight is 433 g/mol. The molecule has 0 spiro atoms. The lowest BCUT2D eigenvalue weighted by Gasteiger charge is -2.40. The maximum absolute atomic E-state index is 10.3. The highest BCUT2D eigenvalue weighted by molar-refractivity contribution is 9.10. The summed E-state index contributed by atoms with van der Waals surface area (Å²) >= 11 is 3.54. The molecule has 3 rings (SSSR count). The lowest BCUT2D eigenvalue weighted by molar-refractivity contribution is -0.231. The van der Waals surface area contributed by atoms with E-state index in [4.69, 9.17) is 11.2 Å². The monoisotopic (exact) mass is 432 g/mol. The van der Waals surface area contributed by atoms with E-state index >= 15 is 0 Å². The van der Waals surface area contributed by atoms with Crippen LogP contribution < -0.4 is 0 Å². The van der Waals surface area contributed by atoms with Crippen molar-refractivity contribution in [3.8, 4) is 12.3 Å². The highest BCUT2D eigenvalue weighted by atomic mass is 79.9.